The smallest absolute Gasteiger partial charge is 0.0870 e. The maximum Gasteiger partial charge on any atom is 0.0870 e. The zero-order chi connectivity index (χ0) is 8.16. The average molecular weight is 151 g/mol. The molecular weight excluding hydrogens is 136 g/mol. The van der Waals surface area contributed by atoms with Gasteiger partial charge in [0.05, 0.1) is 6.61 Å². The molecule has 1 fully saturated rings. The fraction of sp³-hybridized carbons (Fsp3) is 0.700. The van der Waals surface area contributed by atoms with E-state index in [1.54, 1.807) is 0 Å². The quantitative estimate of drug-likeness (QED) is 0.601. The van der Waals surface area contributed by atoms with Gasteiger partial charge in [-0.25, -0.2) is 0 Å². The van der Waals surface area contributed by atoms with E-state index in [1.165, 1.54) is 13.0 Å². The van der Waals surface area contributed by atoms with E-state index in [-0.39, 0.29) is 5.41 Å². The van der Waals surface area contributed by atoms with Crippen molar-refractivity contribution in [1.82, 2.24) is 0 Å². The van der Waals surface area contributed by atoms with Crippen molar-refractivity contribution in [1.29, 1.82) is 0 Å². The molecule has 11 heavy (non-hydrogen) atoms. The molecule has 0 heterocycles. The van der Waals surface area contributed by atoms with Crippen LogP contribution in [0.25, 0.3) is 0 Å². The van der Waals surface area contributed by atoms with Crippen LogP contribution in [0.4, 0.5) is 0 Å². The SMILES string of the molecule is CCC#CCC1([CH]O)CCC1. The molecule has 0 saturated heterocycles. The van der Waals surface area contributed by atoms with Crippen LogP contribution >= 0.6 is 0 Å². The molecule has 1 N–H and O–H groups in total. The van der Waals surface area contributed by atoms with E-state index in [0.717, 1.165) is 25.7 Å². The van der Waals surface area contributed by atoms with E-state index in [4.69, 9.17) is 5.11 Å². The fourth-order valence-electron chi connectivity index (χ4n) is 1.35. The summed E-state index contributed by atoms with van der Waals surface area (Å²) in [6.45, 7) is 3.39. The van der Waals surface area contributed by atoms with Crippen LogP contribution in [0.1, 0.15) is 39.0 Å². The molecule has 0 aromatic rings. The van der Waals surface area contributed by atoms with Gasteiger partial charge in [0.2, 0.25) is 0 Å². The van der Waals surface area contributed by atoms with Crippen molar-refractivity contribution in [2.24, 2.45) is 5.41 Å². The van der Waals surface area contributed by atoms with Gasteiger partial charge in [-0.15, -0.1) is 11.8 Å². The molecule has 1 radical (unpaired) electrons. The predicted octanol–water partition coefficient (Wildman–Crippen LogP) is 2.49. The molecule has 1 nitrogen and oxygen atoms in total. The molecule has 1 saturated carbocycles. The molecule has 0 aliphatic heterocycles. The zero-order valence-corrected chi connectivity index (χ0v) is 7.06. The number of aliphatic hydroxyl groups excluding tert-OH is 1. The van der Waals surface area contributed by atoms with Gasteiger partial charge < -0.3 is 5.11 Å². The van der Waals surface area contributed by atoms with Crippen LogP contribution in [0.3, 0.4) is 0 Å². The summed E-state index contributed by atoms with van der Waals surface area (Å²) in [7, 11) is 0. The summed E-state index contributed by atoms with van der Waals surface area (Å²) in [5.74, 6) is 6.11. The van der Waals surface area contributed by atoms with Crippen LogP contribution in [-0.4, -0.2) is 5.11 Å². The number of hydrogen-bond donors (Lipinski definition) is 1. The van der Waals surface area contributed by atoms with Crippen LogP contribution in [0.5, 0.6) is 0 Å². The van der Waals surface area contributed by atoms with Gasteiger partial charge in [-0.05, 0) is 12.8 Å². The van der Waals surface area contributed by atoms with E-state index in [0.29, 0.717) is 0 Å². The Morgan fingerprint density at radius 3 is 2.55 bits per heavy atom. The van der Waals surface area contributed by atoms with Crippen molar-refractivity contribution in [2.45, 2.75) is 39.0 Å². The maximum atomic E-state index is 8.94. The van der Waals surface area contributed by atoms with Gasteiger partial charge in [-0.3, -0.25) is 0 Å². The van der Waals surface area contributed by atoms with Crippen LogP contribution in [-0.2, 0) is 0 Å². The second-order valence-electron chi connectivity index (χ2n) is 3.23. The molecule has 0 bridgehead atoms. The second kappa shape index (κ2) is 3.78. The predicted molar refractivity (Wildman–Crippen MR) is 45.2 cm³/mol. The number of aliphatic hydroxyl groups is 1. The summed E-state index contributed by atoms with van der Waals surface area (Å²) in [5.41, 5.74) is 0.0716. The van der Waals surface area contributed by atoms with Gasteiger partial charge >= 0.3 is 0 Å². The third-order valence-corrected chi connectivity index (χ3v) is 2.37. The fourth-order valence-corrected chi connectivity index (χ4v) is 1.35. The van der Waals surface area contributed by atoms with E-state index in [1.807, 2.05) is 6.92 Å². The van der Waals surface area contributed by atoms with E-state index < -0.39 is 0 Å². The van der Waals surface area contributed by atoms with Gasteiger partial charge in [0, 0.05) is 18.3 Å². The molecule has 0 atom stereocenters. The summed E-state index contributed by atoms with van der Waals surface area (Å²) < 4.78 is 0. The summed E-state index contributed by atoms with van der Waals surface area (Å²) in [5, 5.41) is 8.94. The molecule has 1 heteroatoms. The molecule has 0 unspecified atom stereocenters. The van der Waals surface area contributed by atoms with Gasteiger partial charge in [0.15, 0.2) is 0 Å². The first kappa shape index (κ1) is 8.62. The number of rotatable bonds is 2. The Hall–Kier alpha value is -0.480. The first-order valence-electron chi connectivity index (χ1n) is 4.27. The molecule has 1 rings (SSSR count). The van der Waals surface area contributed by atoms with Crippen molar-refractivity contribution in [2.75, 3.05) is 0 Å². The largest absolute Gasteiger partial charge is 0.390 e. The number of hydrogen-bond acceptors (Lipinski definition) is 1. The third-order valence-electron chi connectivity index (χ3n) is 2.37. The second-order valence-corrected chi connectivity index (χ2v) is 3.23. The van der Waals surface area contributed by atoms with Crippen LogP contribution < -0.4 is 0 Å². The van der Waals surface area contributed by atoms with Gasteiger partial charge in [-0.1, -0.05) is 13.3 Å². The lowest BCUT2D eigenvalue weighted by molar-refractivity contribution is 0.108. The molecule has 1 aliphatic rings. The van der Waals surface area contributed by atoms with E-state index >= 15 is 0 Å². The highest BCUT2D eigenvalue weighted by atomic mass is 16.3. The lowest BCUT2D eigenvalue weighted by atomic mass is 9.67. The maximum absolute atomic E-state index is 8.94. The topological polar surface area (TPSA) is 20.2 Å². The molecular formula is C10H15O. The summed E-state index contributed by atoms with van der Waals surface area (Å²) in [4.78, 5) is 0. The minimum absolute atomic E-state index is 0.0716. The van der Waals surface area contributed by atoms with Crippen molar-refractivity contribution in [3.8, 4) is 11.8 Å². The minimum Gasteiger partial charge on any atom is -0.390 e. The monoisotopic (exact) mass is 151 g/mol. The van der Waals surface area contributed by atoms with Crippen molar-refractivity contribution < 1.29 is 5.11 Å². The van der Waals surface area contributed by atoms with Gasteiger partial charge in [-0.2, -0.15) is 0 Å². The van der Waals surface area contributed by atoms with E-state index in [2.05, 4.69) is 11.8 Å². The lowest BCUT2D eigenvalue weighted by Crippen LogP contribution is -2.29. The standard InChI is InChI=1S/C10H15O/c1-2-3-4-6-10(9-11)7-5-8-10/h9,11H,2,5-8H2,1H3. The highest BCUT2D eigenvalue weighted by Crippen LogP contribution is 2.45. The third kappa shape index (κ3) is 1.97. The molecule has 61 valence electrons. The molecule has 1 aliphatic carbocycles. The molecule has 0 spiro atoms. The Labute approximate surface area is 68.8 Å². The van der Waals surface area contributed by atoms with Crippen LogP contribution in [0.2, 0.25) is 0 Å². The van der Waals surface area contributed by atoms with Gasteiger partial charge in [0.25, 0.3) is 0 Å². The Morgan fingerprint density at radius 2 is 2.18 bits per heavy atom. The van der Waals surface area contributed by atoms with Gasteiger partial charge in [0.1, 0.15) is 0 Å². The van der Waals surface area contributed by atoms with Crippen molar-refractivity contribution in [3.63, 3.8) is 0 Å². The summed E-state index contributed by atoms with van der Waals surface area (Å²) >= 11 is 0. The lowest BCUT2D eigenvalue weighted by Gasteiger charge is -2.38. The van der Waals surface area contributed by atoms with Crippen molar-refractivity contribution in [3.05, 3.63) is 6.61 Å². The Balaban J connectivity index is 2.32. The Kier molecular flexibility index (Phi) is 2.96. The highest BCUT2D eigenvalue weighted by molar-refractivity contribution is 5.07. The minimum atomic E-state index is 0.0716. The Bertz CT molecular complexity index is 164. The van der Waals surface area contributed by atoms with Crippen LogP contribution in [0, 0.1) is 23.9 Å². The molecule has 0 amide bonds. The summed E-state index contributed by atoms with van der Waals surface area (Å²) in [6, 6.07) is 0. The first-order valence-corrected chi connectivity index (χ1v) is 4.27. The Morgan fingerprint density at radius 1 is 1.45 bits per heavy atom. The first-order chi connectivity index (χ1) is 5.33. The van der Waals surface area contributed by atoms with E-state index in [9.17, 15) is 0 Å². The van der Waals surface area contributed by atoms with Crippen LogP contribution in [0.15, 0.2) is 0 Å². The molecule has 0 aromatic carbocycles. The molecule has 0 aromatic heterocycles. The summed E-state index contributed by atoms with van der Waals surface area (Å²) in [6.07, 6.45) is 5.23. The zero-order valence-electron chi connectivity index (χ0n) is 7.06. The highest BCUT2D eigenvalue weighted by Gasteiger charge is 2.35. The normalized spacial score (nSPS) is 19.8. The van der Waals surface area contributed by atoms with Crippen molar-refractivity contribution >= 4 is 0 Å². The average Bonchev–Trinajstić information content (AvgIpc) is 1.95.